The molecule has 0 heterocycles. The normalized spacial score (nSPS) is 16.3. The first kappa shape index (κ1) is 20.1. The quantitative estimate of drug-likeness (QED) is 0.801. The molecule has 0 unspecified atom stereocenters. The molecule has 0 aliphatic heterocycles. The average molecular weight is 372 g/mol. The number of amides is 2. The van der Waals surface area contributed by atoms with Crippen LogP contribution in [0.3, 0.4) is 0 Å². The van der Waals surface area contributed by atoms with Crippen LogP contribution in [0.15, 0.2) is 24.3 Å². The standard InChI is InChI=1S/C18H23F3N2O3/c1-23(10-7-15(24)25)16(26)22-12-17(8-2-3-9-17)13-5-4-6-14(11-13)18(19,20)21/h4-6,11H,2-3,7-10,12H2,1H3,(H,22,26)(H,24,25). The molecule has 0 spiro atoms. The molecule has 0 bridgehead atoms. The number of hydrogen-bond acceptors (Lipinski definition) is 2. The molecule has 0 saturated heterocycles. The summed E-state index contributed by atoms with van der Waals surface area (Å²) >= 11 is 0. The highest BCUT2D eigenvalue weighted by atomic mass is 19.4. The molecule has 1 aliphatic rings. The Bertz CT molecular complexity index is 655. The van der Waals surface area contributed by atoms with Crippen LogP contribution in [-0.4, -0.2) is 42.1 Å². The van der Waals surface area contributed by atoms with E-state index in [1.807, 2.05) is 0 Å². The average Bonchev–Trinajstić information content (AvgIpc) is 3.07. The summed E-state index contributed by atoms with van der Waals surface area (Å²) in [6.45, 7) is 0.294. The molecule has 5 nitrogen and oxygen atoms in total. The van der Waals surface area contributed by atoms with Gasteiger partial charge in [-0.3, -0.25) is 4.79 Å². The number of nitrogens with zero attached hydrogens (tertiary/aromatic N) is 1. The highest BCUT2D eigenvalue weighted by Crippen LogP contribution is 2.42. The maximum Gasteiger partial charge on any atom is 0.416 e. The second-order valence-corrected chi connectivity index (χ2v) is 6.79. The number of halogens is 3. The smallest absolute Gasteiger partial charge is 0.416 e. The van der Waals surface area contributed by atoms with Gasteiger partial charge in [0.15, 0.2) is 0 Å². The van der Waals surface area contributed by atoms with Crippen LogP contribution in [-0.2, 0) is 16.4 Å². The lowest BCUT2D eigenvalue weighted by atomic mass is 9.78. The molecule has 0 radical (unpaired) electrons. The highest BCUT2D eigenvalue weighted by Gasteiger charge is 2.38. The lowest BCUT2D eigenvalue weighted by Gasteiger charge is -2.31. The number of aliphatic carboxylic acids is 1. The summed E-state index contributed by atoms with van der Waals surface area (Å²) in [6.07, 6.45) is -1.39. The third-order valence-electron chi connectivity index (χ3n) is 4.95. The monoisotopic (exact) mass is 372 g/mol. The van der Waals surface area contributed by atoms with Crippen molar-refractivity contribution in [2.45, 2.75) is 43.7 Å². The molecule has 8 heteroatoms. The number of carboxylic acid groups (broad SMARTS) is 1. The van der Waals surface area contributed by atoms with Crippen LogP contribution < -0.4 is 5.32 Å². The Morgan fingerprint density at radius 3 is 2.50 bits per heavy atom. The number of rotatable bonds is 6. The summed E-state index contributed by atoms with van der Waals surface area (Å²) in [5, 5.41) is 11.4. The molecule has 26 heavy (non-hydrogen) atoms. The fourth-order valence-corrected chi connectivity index (χ4v) is 3.39. The number of hydrogen-bond donors (Lipinski definition) is 2. The van der Waals surface area contributed by atoms with E-state index in [9.17, 15) is 22.8 Å². The number of benzene rings is 1. The molecule has 1 aromatic rings. The minimum absolute atomic E-state index is 0.0672. The number of urea groups is 1. The fourth-order valence-electron chi connectivity index (χ4n) is 3.39. The van der Waals surface area contributed by atoms with E-state index in [-0.39, 0.29) is 19.5 Å². The van der Waals surface area contributed by atoms with Crippen LogP contribution in [0.1, 0.15) is 43.2 Å². The Balaban J connectivity index is 2.11. The Morgan fingerprint density at radius 1 is 1.27 bits per heavy atom. The van der Waals surface area contributed by atoms with Crippen LogP contribution in [0.25, 0.3) is 0 Å². The van der Waals surface area contributed by atoms with Crippen LogP contribution in [0.5, 0.6) is 0 Å². The molecule has 144 valence electrons. The van der Waals surface area contributed by atoms with Crippen molar-refractivity contribution in [3.63, 3.8) is 0 Å². The summed E-state index contributed by atoms with van der Waals surface area (Å²) < 4.78 is 39.1. The van der Waals surface area contributed by atoms with E-state index in [0.29, 0.717) is 18.4 Å². The van der Waals surface area contributed by atoms with Gasteiger partial charge in [-0.05, 0) is 24.5 Å². The zero-order valence-corrected chi connectivity index (χ0v) is 14.6. The first-order chi connectivity index (χ1) is 12.1. The predicted octanol–water partition coefficient (Wildman–Crippen LogP) is 3.63. The van der Waals surface area contributed by atoms with Crippen molar-refractivity contribution in [1.82, 2.24) is 10.2 Å². The van der Waals surface area contributed by atoms with E-state index in [1.165, 1.54) is 24.1 Å². The number of alkyl halides is 3. The van der Waals surface area contributed by atoms with Gasteiger partial charge in [-0.1, -0.05) is 31.0 Å². The van der Waals surface area contributed by atoms with E-state index in [1.54, 1.807) is 6.07 Å². The lowest BCUT2D eigenvalue weighted by molar-refractivity contribution is -0.138. The van der Waals surface area contributed by atoms with E-state index < -0.39 is 29.2 Å². The molecule has 0 atom stereocenters. The summed E-state index contributed by atoms with van der Waals surface area (Å²) in [5.41, 5.74) is -0.630. The molecule has 2 N–H and O–H groups in total. The molecule has 0 aromatic heterocycles. The zero-order valence-electron chi connectivity index (χ0n) is 14.6. The third-order valence-corrected chi connectivity index (χ3v) is 4.95. The molecule has 2 rings (SSSR count). The maximum absolute atomic E-state index is 13.0. The van der Waals surface area contributed by atoms with Crippen molar-refractivity contribution in [1.29, 1.82) is 0 Å². The predicted molar refractivity (Wildman–Crippen MR) is 89.9 cm³/mol. The number of carbonyl (C=O) groups is 2. The second-order valence-electron chi connectivity index (χ2n) is 6.79. The van der Waals surface area contributed by atoms with E-state index in [2.05, 4.69) is 5.32 Å². The Kier molecular flexibility index (Phi) is 6.15. The van der Waals surface area contributed by atoms with Gasteiger partial charge in [0.25, 0.3) is 0 Å². The first-order valence-corrected chi connectivity index (χ1v) is 8.52. The van der Waals surface area contributed by atoms with Gasteiger partial charge < -0.3 is 15.3 Å². The maximum atomic E-state index is 13.0. The van der Waals surface area contributed by atoms with Crippen LogP contribution in [0.4, 0.5) is 18.0 Å². The number of carbonyl (C=O) groups excluding carboxylic acids is 1. The summed E-state index contributed by atoms with van der Waals surface area (Å²) in [5.74, 6) is -0.999. The highest BCUT2D eigenvalue weighted by molar-refractivity contribution is 5.75. The van der Waals surface area contributed by atoms with E-state index in [4.69, 9.17) is 5.11 Å². The van der Waals surface area contributed by atoms with Gasteiger partial charge in [-0.2, -0.15) is 13.2 Å². The van der Waals surface area contributed by atoms with Gasteiger partial charge in [-0.15, -0.1) is 0 Å². The second kappa shape index (κ2) is 7.97. The van der Waals surface area contributed by atoms with Crippen molar-refractivity contribution in [3.8, 4) is 0 Å². The van der Waals surface area contributed by atoms with Gasteiger partial charge in [0.2, 0.25) is 0 Å². The topological polar surface area (TPSA) is 69.6 Å². The molecule has 1 saturated carbocycles. The summed E-state index contributed by atoms with van der Waals surface area (Å²) in [7, 11) is 1.49. The molecule has 2 amide bonds. The van der Waals surface area contributed by atoms with Crippen molar-refractivity contribution >= 4 is 12.0 Å². The largest absolute Gasteiger partial charge is 0.481 e. The van der Waals surface area contributed by atoms with Crippen molar-refractivity contribution in [2.24, 2.45) is 0 Å². The fraction of sp³-hybridized carbons (Fsp3) is 0.556. The van der Waals surface area contributed by atoms with Gasteiger partial charge in [0, 0.05) is 25.6 Å². The van der Waals surface area contributed by atoms with Crippen LogP contribution in [0, 0.1) is 0 Å². The van der Waals surface area contributed by atoms with Gasteiger partial charge >= 0.3 is 18.2 Å². The Hall–Kier alpha value is -2.25. The van der Waals surface area contributed by atoms with Crippen molar-refractivity contribution in [3.05, 3.63) is 35.4 Å². The van der Waals surface area contributed by atoms with E-state index in [0.717, 1.165) is 18.9 Å². The van der Waals surface area contributed by atoms with Crippen molar-refractivity contribution < 1.29 is 27.9 Å². The third kappa shape index (κ3) is 4.89. The summed E-state index contributed by atoms with van der Waals surface area (Å²) in [6, 6.07) is 4.88. The SMILES string of the molecule is CN(CCC(=O)O)C(=O)NCC1(c2cccc(C(F)(F)F)c2)CCCC1. The lowest BCUT2D eigenvalue weighted by Crippen LogP contribution is -2.45. The van der Waals surface area contributed by atoms with Crippen LogP contribution >= 0.6 is 0 Å². The van der Waals surface area contributed by atoms with Gasteiger partial charge in [0.1, 0.15) is 0 Å². The van der Waals surface area contributed by atoms with Crippen molar-refractivity contribution in [2.75, 3.05) is 20.1 Å². The van der Waals surface area contributed by atoms with Gasteiger partial charge in [0.05, 0.1) is 12.0 Å². The minimum Gasteiger partial charge on any atom is -0.481 e. The van der Waals surface area contributed by atoms with Crippen LogP contribution in [0.2, 0.25) is 0 Å². The first-order valence-electron chi connectivity index (χ1n) is 8.52. The van der Waals surface area contributed by atoms with E-state index >= 15 is 0 Å². The number of nitrogens with one attached hydrogen (secondary N) is 1. The summed E-state index contributed by atoms with van der Waals surface area (Å²) in [4.78, 5) is 24.0. The molecule has 1 aromatic carbocycles. The molecular weight excluding hydrogens is 349 g/mol. The minimum atomic E-state index is -4.41. The molecular formula is C18H23F3N2O3. The molecule has 1 aliphatic carbocycles. The Labute approximate surface area is 150 Å². The molecule has 1 fully saturated rings. The zero-order chi connectivity index (χ0) is 19.4. The number of carboxylic acids is 1. The Morgan fingerprint density at radius 2 is 1.92 bits per heavy atom. The van der Waals surface area contributed by atoms with Gasteiger partial charge in [-0.25, -0.2) is 4.79 Å².